The largest absolute Gasteiger partial charge is 0.391 e. The SMILES string of the molecule is O=C(Nc1cccnn1)c1cnn2ccc(N3CCC(C(F)(F)F)CC3)nc12. The molecule has 1 saturated heterocycles. The molecule has 0 spiro atoms. The average Bonchev–Trinajstić information content (AvgIpc) is 3.11. The smallest absolute Gasteiger partial charge is 0.356 e. The van der Waals surface area contributed by atoms with E-state index in [4.69, 9.17) is 0 Å². The van der Waals surface area contributed by atoms with Crippen LogP contribution >= 0.6 is 0 Å². The second-order valence-corrected chi connectivity index (χ2v) is 6.48. The lowest BCUT2D eigenvalue weighted by molar-refractivity contribution is -0.179. The predicted octanol–water partition coefficient (Wildman–Crippen LogP) is 2.55. The number of rotatable bonds is 3. The van der Waals surface area contributed by atoms with Crippen LogP contribution in [0.4, 0.5) is 24.8 Å². The fraction of sp³-hybridized carbons (Fsp3) is 0.353. The number of anilines is 2. The number of alkyl halides is 3. The molecule has 4 rings (SSSR count). The second kappa shape index (κ2) is 7.06. The van der Waals surface area contributed by atoms with Crippen molar-refractivity contribution in [3.05, 3.63) is 42.4 Å². The summed E-state index contributed by atoms with van der Waals surface area (Å²) in [4.78, 5) is 18.8. The standard InChI is InChI=1S/C17H16F3N7O/c18-17(19,20)11-3-7-26(8-4-11)14-5-9-27-15(24-14)12(10-22-27)16(28)23-13-2-1-6-21-25-13/h1-2,5-6,9-11H,3-4,7-8H2,(H,23,25,28). The van der Waals surface area contributed by atoms with Crippen LogP contribution < -0.4 is 10.2 Å². The molecule has 0 aliphatic carbocycles. The van der Waals surface area contributed by atoms with Gasteiger partial charge in [-0.2, -0.15) is 23.4 Å². The summed E-state index contributed by atoms with van der Waals surface area (Å²) < 4.78 is 40.0. The van der Waals surface area contributed by atoms with Crippen LogP contribution in [0.1, 0.15) is 23.2 Å². The first-order chi connectivity index (χ1) is 13.4. The highest BCUT2D eigenvalue weighted by Gasteiger charge is 2.41. The van der Waals surface area contributed by atoms with E-state index in [0.717, 1.165) is 0 Å². The number of nitrogens with one attached hydrogen (secondary N) is 1. The molecule has 0 bridgehead atoms. The van der Waals surface area contributed by atoms with E-state index >= 15 is 0 Å². The number of hydrogen-bond donors (Lipinski definition) is 1. The number of aromatic nitrogens is 5. The van der Waals surface area contributed by atoms with Crippen LogP contribution in [-0.2, 0) is 0 Å². The topological polar surface area (TPSA) is 88.3 Å². The number of fused-ring (bicyclic) bond motifs is 1. The maximum Gasteiger partial charge on any atom is 0.391 e. The number of halogens is 3. The van der Waals surface area contributed by atoms with Gasteiger partial charge in [0.25, 0.3) is 5.91 Å². The van der Waals surface area contributed by atoms with Gasteiger partial charge in [-0.1, -0.05) is 0 Å². The summed E-state index contributed by atoms with van der Waals surface area (Å²) in [5.74, 6) is -0.925. The molecular formula is C17H16F3N7O. The minimum Gasteiger partial charge on any atom is -0.356 e. The van der Waals surface area contributed by atoms with Gasteiger partial charge in [0.1, 0.15) is 11.4 Å². The fourth-order valence-corrected chi connectivity index (χ4v) is 3.18. The molecule has 1 aliphatic heterocycles. The highest BCUT2D eigenvalue weighted by Crippen LogP contribution is 2.35. The van der Waals surface area contributed by atoms with Crippen molar-refractivity contribution in [2.24, 2.45) is 5.92 Å². The quantitative estimate of drug-likeness (QED) is 0.738. The van der Waals surface area contributed by atoms with E-state index in [1.54, 1.807) is 29.3 Å². The Hall–Kier alpha value is -3.24. The Labute approximate surface area is 157 Å². The minimum absolute atomic E-state index is 0.0235. The number of hydrogen-bond acceptors (Lipinski definition) is 6. The molecule has 0 atom stereocenters. The maximum absolute atomic E-state index is 12.9. The van der Waals surface area contributed by atoms with E-state index in [0.29, 0.717) is 11.5 Å². The molecule has 146 valence electrons. The summed E-state index contributed by atoms with van der Waals surface area (Å²) in [5.41, 5.74) is 0.550. The lowest BCUT2D eigenvalue weighted by atomic mass is 9.96. The predicted molar refractivity (Wildman–Crippen MR) is 94.0 cm³/mol. The molecule has 1 amide bonds. The van der Waals surface area contributed by atoms with Crippen molar-refractivity contribution in [3.8, 4) is 0 Å². The Balaban J connectivity index is 1.54. The number of carbonyl (C=O) groups is 1. The second-order valence-electron chi connectivity index (χ2n) is 6.48. The molecular weight excluding hydrogens is 375 g/mol. The van der Waals surface area contributed by atoms with Gasteiger partial charge < -0.3 is 10.2 Å². The van der Waals surface area contributed by atoms with Crippen LogP contribution in [0.15, 0.2) is 36.8 Å². The van der Waals surface area contributed by atoms with Crippen LogP contribution in [0, 0.1) is 5.92 Å². The van der Waals surface area contributed by atoms with E-state index in [9.17, 15) is 18.0 Å². The molecule has 8 nitrogen and oxygen atoms in total. The molecule has 4 heterocycles. The minimum atomic E-state index is -4.17. The van der Waals surface area contributed by atoms with Crippen molar-refractivity contribution in [2.75, 3.05) is 23.3 Å². The Morgan fingerprint density at radius 1 is 1.21 bits per heavy atom. The molecule has 3 aromatic heterocycles. The van der Waals surface area contributed by atoms with Crippen LogP contribution in [0.3, 0.4) is 0 Å². The Morgan fingerprint density at radius 3 is 2.68 bits per heavy atom. The third-order valence-electron chi connectivity index (χ3n) is 4.69. The van der Waals surface area contributed by atoms with E-state index < -0.39 is 18.0 Å². The molecule has 1 aliphatic rings. The van der Waals surface area contributed by atoms with Crippen molar-refractivity contribution in [2.45, 2.75) is 19.0 Å². The zero-order chi connectivity index (χ0) is 19.7. The average molecular weight is 391 g/mol. The van der Waals surface area contributed by atoms with Gasteiger partial charge in [0.15, 0.2) is 11.5 Å². The van der Waals surface area contributed by atoms with Crippen LogP contribution in [-0.4, -0.2) is 50.0 Å². The summed E-state index contributed by atoms with van der Waals surface area (Å²) in [6.07, 6.45) is 0.382. The van der Waals surface area contributed by atoms with Gasteiger partial charge in [0.05, 0.1) is 12.1 Å². The van der Waals surface area contributed by atoms with E-state index in [2.05, 4.69) is 25.6 Å². The van der Waals surface area contributed by atoms with Gasteiger partial charge in [-0.05, 0) is 31.0 Å². The van der Waals surface area contributed by atoms with Crippen molar-refractivity contribution in [1.29, 1.82) is 0 Å². The van der Waals surface area contributed by atoms with Crippen LogP contribution in [0.25, 0.3) is 5.65 Å². The van der Waals surface area contributed by atoms with Gasteiger partial charge >= 0.3 is 6.18 Å². The lowest BCUT2D eigenvalue weighted by Gasteiger charge is -2.33. The summed E-state index contributed by atoms with van der Waals surface area (Å²) in [6, 6.07) is 4.91. The fourth-order valence-electron chi connectivity index (χ4n) is 3.18. The van der Waals surface area contributed by atoms with Crippen molar-refractivity contribution in [3.63, 3.8) is 0 Å². The van der Waals surface area contributed by atoms with Crippen LogP contribution in [0.2, 0.25) is 0 Å². The molecule has 1 fully saturated rings. The third-order valence-corrected chi connectivity index (χ3v) is 4.69. The van der Waals surface area contributed by atoms with Gasteiger partial charge in [0.2, 0.25) is 0 Å². The number of nitrogens with zero attached hydrogens (tertiary/aromatic N) is 6. The summed E-state index contributed by atoms with van der Waals surface area (Å²) in [5, 5.41) is 14.2. The molecule has 0 radical (unpaired) electrons. The molecule has 0 aromatic carbocycles. The normalized spacial score (nSPS) is 15.8. The van der Waals surface area contributed by atoms with E-state index in [1.807, 2.05) is 0 Å². The highest BCUT2D eigenvalue weighted by atomic mass is 19.4. The zero-order valence-corrected chi connectivity index (χ0v) is 14.6. The first-order valence-electron chi connectivity index (χ1n) is 8.67. The molecule has 3 aromatic rings. The molecule has 0 saturated carbocycles. The Bertz CT molecular complexity index is 981. The lowest BCUT2D eigenvalue weighted by Crippen LogP contribution is -2.39. The summed E-state index contributed by atoms with van der Waals surface area (Å²) in [6.45, 7) is 0.505. The molecule has 1 N–H and O–H groups in total. The number of piperidine rings is 1. The maximum atomic E-state index is 12.9. The Kier molecular flexibility index (Phi) is 4.57. The van der Waals surface area contributed by atoms with Crippen molar-refractivity contribution >= 4 is 23.2 Å². The van der Waals surface area contributed by atoms with Crippen molar-refractivity contribution in [1.82, 2.24) is 24.8 Å². The first-order valence-corrected chi connectivity index (χ1v) is 8.67. The number of carbonyl (C=O) groups excluding carboxylic acids is 1. The third kappa shape index (κ3) is 3.59. The monoisotopic (exact) mass is 391 g/mol. The van der Waals surface area contributed by atoms with E-state index in [1.165, 1.54) is 16.9 Å². The van der Waals surface area contributed by atoms with Crippen LogP contribution in [0.5, 0.6) is 0 Å². The zero-order valence-electron chi connectivity index (χ0n) is 14.6. The van der Waals surface area contributed by atoms with Crippen molar-refractivity contribution < 1.29 is 18.0 Å². The first kappa shape index (κ1) is 18.1. The van der Waals surface area contributed by atoms with Gasteiger partial charge in [-0.3, -0.25) is 4.79 Å². The summed E-state index contributed by atoms with van der Waals surface area (Å²) >= 11 is 0. The van der Waals surface area contributed by atoms with E-state index in [-0.39, 0.29) is 37.3 Å². The summed E-state index contributed by atoms with van der Waals surface area (Å²) in [7, 11) is 0. The molecule has 28 heavy (non-hydrogen) atoms. The number of amides is 1. The van der Waals surface area contributed by atoms with Gasteiger partial charge in [-0.15, -0.1) is 5.10 Å². The molecule has 0 unspecified atom stereocenters. The molecule has 11 heteroatoms. The van der Waals surface area contributed by atoms with Gasteiger partial charge in [0, 0.05) is 25.5 Å². The highest BCUT2D eigenvalue weighted by molar-refractivity contribution is 6.07. The Morgan fingerprint density at radius 2 is 2.00 bits per heavy atom. The van der Waals surface area contributed by atoms with Gasteiger partial charge in [-0.25, -0.2) is 9.50 Å².